The molecule has 1 aliphatic carbocycles. The molecule has 1 saturated heterocycles. The lowest BCUT2D eigenvalue weighted by Crippen LogP contribution is -2.29. The Kier molecular flexibility index (Phi) is 1.57. The van der Waals surface area contributed by atoms with Crippen LogP contribution < -0.4 is 0 Å². The van der Waals surface area contributed by atoms with Crippen LogP contribution in [0.2, 0.25) is 0 Å². The molecule has 6 heteroatoms. The third kappa shape index (κ3) is 1.20. The Labute approximate surface area is 85.9 Å². The van der Waals surface area contributed by atoms with Crippen molar-refractivity contribution >= 4 is 6.09 Å². The van der Waals surface area contributed by atoms with Gasteiger partial charge in [-0.15, -0.1) is 0 Å². The molecule has 1 amide bonds. The summed E-state index contributed by atoms with van der Waals surface area (Å²) in [5, 5.41) is 12.7. The smallest absolute Gasteiger partial charge is 0.407 e. The average molecular weight is 209 g/mol. The average Bonchev–Trinajstić information content (AvgIpc) is 2.62. The van der Waals surface area contributed by atoms with Crippen molar-refractivity contribution in [3.8, 4) is 0 Å². The maximum atomic E-state index is 10.7. The van der Waals surface area contributed by atoms with Crippen LogP contribution in [0.1, 0.15) is 17.6 Å². The molecule has 2 heterocycles. The van der Waals surface area contributed by atoms with E-state index in [9.17, 15) is 4.79 Å². The van der Waals surface area contributed by atoms with Gasteiger partial charge >= 0.3 is 6.09 Å². The van der Waals surface area contributed by atoms with Crippen molar-refractivity contribution in [1.29, 1.82) is 0 Å². The first-order valence-electron chi connectivity index (χ1n) is 4.95. The lowest BCUT2D eigenvalue weighted by atomic mass is 10.2. The number of amides is 1. The highest BCUT2D eigenvalue weighted by atomic mass is 16.5. The van der Waals surface area contributed by atoms with E-state index in [4.69, 9.17) is 9.63 Å². The standard InChI is InChI=1S/C9H11N3O3/c1-4-10-8(11-15-4)7-5-2-12(9(13)14)3-6(5)7/h5-7H,2-3H2,1H3,(H,13,14)/t5-,6+,7?. The molecule has 80 valence electrons. The monoisotopic (exact) mass is 209 g/mol. The minimum absolute atomic E-state index is 0.318. The van der Waals surface area contributed by atoms with Gasteiger partial charge in [-0.1, -0.05) is 5.16 Å². The Morgan fingerprint density at radius 2 is 2.20 bits per heavy atom. The molecule has 1 unspecified atom stereocenters. The van der Waals surface area contributed by atoms with Crippen molar-refractivity contribution in [2.45, 2.75) is 12.8 Å². The minimum Gasteiger partial charge on any atom is -0.465 e. The van der Waals surface area contributed by atoms with Gasteiger partial charge in [-0.2, -0.15) is 4.98 Å². The maximum absolute atomic E-state index is 10.7. The fourth-order valence-electron chi connectivity index (χ4n) is 2.52. The maximum Gasteiger partial charge on any atom is 0.407 e. The highest BCUT2D eigenvalue weighted by Crippen LogP contribution is 2.57. The number of hydrogen-bond donors (Lipinski definition) is 1. The lowest BCUT2D eigenvalue weighted by molar-refractivity contribution is 0.149. The first kappa shape index (κ1) is 8.70. The number of carbonyl (C=O) groups is 1. The summed E-state index contributed by atoms with van der Waals surface area (Å²) in [6, 6.07) is 0. The van der Waals surface area contributed by atoms with Crippen LogP contribution in [0.5, 0.6) is 0 Å². The quantitative estimate of drug-likeness (QED) is 0.736. The largest absolute Gasteiger partial charge is 0.465 e. The second-order valence-electron chi connectivity index (χ2n) is 4.21. The lowest BCUT2D eigenvalue weighted by Gasteiger charge is -2.14. The molecule has 3 rings (SSSR count). The fraction of sp³-hybridized carbons (Fsp3) is 0.667. The van der Waals surface area contributed by atoms with Crippen LogP contribution in [0.15, 0.2) is 4.52 Å². The third-order valence-electron chi connectivity index (χ3n) is 3.31. The Bertz CT molecular complexity index is 404. The van der Waals surface area contributed by atoms with E-state index in [1.807, 2.05) is 0 Å². The molecule has 2 fully saturated rings. The van der Waals surface area contributed by atoms with Crippen molar-refractivity contribution < 1.29 is 14.4 Å². The summed E-state index contributed by atoms with van der Waals surface area (Å²) >= 11 is 0. The Balaban J connectivity index is 1.70. The Hall–Kier alpha value is -1.59. The van der Waals surface area contributed by atoms with Gasteiger partial charge in [-0.05, 0) is 11.8 Å². The number of nitrogens with zero attached hydrogens (tertiary/aromatic N) is 3. The zero-order valence-electron chi connectivity index (χ0n) is 8.25. The number of fused-ring (bicyclic) bond motifs is 1. The van der Waals surface area contributed by atoms with Crippen LogP contribution in [0.25, 0.3) is 0 Å². The molecular weight excluding hydrogens is 198 g/mol. The summed E-state index contributed by atoms with van der Waals surface area (Å²) in [5.41, 5.74) is 0. The van der Waals surface area contributed by atoms with E-state index in [2.05, 4.69) is 10.1 Å². The highest BCUT2D eigenvalue weighted by molar-refractivity contribution is 5.66. The summed E-state index contributed by atoms with van der Waals surface area (Å²) < 4.78 is 4.91. The van der Waals surface area contributed by atoms with Gasteiger partial charge in [0.2, 0.25) is 5.89 Å². The summed E-state index contributed by atoms with van der Waals surface area (Å²) in [6.45, 7) is 2.98. The van der Waals surface area contributed by atoms with Gasteiger partial charge in [-0.25, -0.2) is 4.79 Å². The van der Waals surface area contributed by atoms with Gasteiger partial charge < -0.3 is 14.5 Å². The van der Waals surface area contributed by atoms with E-state index >= 15 is 0 Å². The number of likely N-dealkylation sites (tertiary alicyclic amines) is 1. The van der Waals surface area contributed by atoms with Gasteiger partial charge in [0, 0.05) is 25.9 Å². The molecule has 1 aromatic rings. The van der Waals surface area contributed by atoms with Gasteiger partial charge in [0.1, 0.15) is 0 Å². The third-order valence-corrected chi connectivity index (χ3v) is 3.31. The number of carboxylic acid groups (broad SMARTS) is 1. The van der Waals surface area contributed by atoms with E-state index in [0.717, 1.165) is 5.82 Å². The van der Waals surface area contributed by atoms with Gasteiger partial charge in [0.25, 0.3) is 0 Å². The van der Waals surface area contributed by atoms with Gasteiger partial charge in [0.15, 0.2) is 5.82 Å². The Morgan fingerprint density at radius 3 is 2.67 bits per heavy atom. The number of hydrogen-bond acceptors (Lipinski definition) is 4. The van der Waals surface area contributed by atoms with E-state index in [1.165, 1.54) is 4.90 Å². The molecule has 2 aliphatic rings. The molecule has 1 N–H and O–H groups in total. The molecule has 1 aliphatic heterocycles. The van der Waals surface area contributed by atoms with Crippen molar-refractivity contribution in [1.82, 2.24) is 15.0 Å². The highest BCUT2D eigenvalue weighted by Gasteiger charge is 2.59. The van der Waals surface area contributed by atoms with E-state index < -0.39 is 6.09 Å². The van der Waals surface area contributed by atoms with Crippen molar-refractivity contribution in [3.05, 3.63) is 11.7 Å². The van der Waals surface area contributed by atoms with Crippen molar-refractivity contribution in [2.75, 3.05) is 13.1 Å². The van der Waals surface area contributed by atoms with Crippen molar-refractivity contribution in [3.63, 3.8) is 0 Å². The van der Waals surface area contributed by atoms with Crippen LogP contribution in [-0.4, -0.2) is 39.3 Å². The zero-order valence-corrected chi connectivity index (χ0v) is 8.25. The molecule has 3 atom stereocenters. The summed E-state index contributed by atoms with van der Waals surface area (Å²) in [7, 11) is 0. The predicted molar refractivity (Wildman–Crippen MR) is 48.4 cm³/mol. The molecule has 6 nitrogen and oxygen atoms in total. The van der Waals surface area contributed by atoms with Crippen LogP contribution in [0.4, 0.5) is 4.79 Å². The minimum atomic E-state index is -0.828. The number of aryl methyl sites for hydroxylation is 1. The molecule has 1 aromatic heterocycles. The topological polar surface area (TPSA) is 79.5 Å². The molecule has 15 heavy (non-hydrogen) atoms. The molecule has 0 bridgehead atoms. The molecule has 1 saturated carbocycles. The van der Waals surface area contributed by atoms with Crippen LogP contribution in [0, 0.1) is 18.8 Å². The second kappa shape index (κ2) is 2.71. The second-order valence-corrected chi connectivity index (χ2v) is 4.21. The summed E-state index contributed by atoms with van der Waals surface area (Å²) in [6.07, 6.45) is -0.828. The normalized spacial score (nSPS) is 32.9. The van der Waals surface area contributed by atoms with Crippen LogP contribution >= 0.6 is 0 Å². The molecule has 0 spiro atoms. The van der Waals surface area contributed by atoms with E-state index in [1.54, 1.807) is 6.92 Å². The summed E-state index contributed by atoms with van der Waals surface area (Å²) in [4.78, 5) is 16.3. The molecular formula is C9H11N3O3. The SMILES string of the molecule is Cc1nc(C2[C@H]3CN(C(=O)O)C[C@@H]23)no1. The zero-order chi connectivity index (χ0) is 10.6. The predicted octanol–water partition coefficient (Wildman–Crippen LogP) is 0.701. The van der Waals surface area contributed by atoms with Gasteiger partial charge in [-0.3, -0.25) is 0 Å². The van der Waals surface area contributed by atoms with E-state index in [-0.39, 0.29) is 0 Å². The Morgan fingerprint density at radius 1 is 1.53 bits per heavy atom. The summed E-state index contributed by atoms with van der Waals surface area (Å²) in [5.74, 6) is 2.44. The van der Waals surface area contributed by atoms with E-state index in [0.29, 0.717) is 36.7 Å². The fourth-order valence-corrected chi connectivity index (χ4v) is 2.52. The van der Waals surface area contributed by atoms with Crippen LogP contribution in [-0.2, 0) is 0 Å². The van der Waals surface area contributed by atoms with Crippen molar-refractivity contribution in [2.24, 2.45) is 11.8 Å². The van der Waals surface area contributed by atoms with Gasteiger partial charge in [0.05, 0.1) is 0 Å². The molecule has 0 radical (unpaired) electrons. The number of rotatable bonds is 1. The number of piperidine rings is 1. The first-order chi connectivity index (χ1) is 7.16. The van der Waals surface area contributed by atoms with Crippen LogP contribution in [0.3, 0.4) is 0 Å². The number of aromatic nitrogens is 2. The molecule has 0 aromatic carbocycles. The first-order valence-corrected chi connectivity index (χ1v) is 4.95.